The lowest BCUT2D eigenvalue weighted by molar-refractivity contribution is 0.198. The predicted octanol–water partition coefficient (Wildman–Crippen LogP) is 2.69. The average Bonchev–Trinajstić information content (AvgIpc) is 2.38. The van der Waals surface area contributed by atoms with Gasteiger partial charge >= 0.3 is 0 Å². The fraction of sp³-hybridized carbons (Fsp3) is 0.571. The molecule has 0 aromatic heterocycles. The van der Waals surface area contributed by atoms with E-state index in [0.29, 0.717) is 12.5 Å². The van der Waals surface area contributed by atoms with E-state index in [1.54, 1.807) is 0 Å². The molecule has 1 heterocycles. The number of nitrogen functional groups attached to an aromatic ring is 1. The number of hydrogen-bond donors (Lipinski definition) is 2. The van der Waals surface area contributed by atoms with Gasteiger partial charge in [-0.25, -0.2) is 8.78 Å². The van der Waals surface area contributed by atoms with Crippen LogP contribution in [0.25, 0.3) is 0 Å². The summed E-state index contributed by atoms with van der Waals surface area (Å²) in [6.45, 7) is 5.96. The Bertz CT molecular complexity index is 406. The Hall–Kier alpha value is -1.36. The van der Waals surface area contributed by atoms with Gasteiger partial charge < -0.3 is 16.0 Å². The van der Waals surface area contributed by atoms with E-state index >= 15 is 0 Å². The Labute approximate surface area is 112 Å². The Morgan fingerprint density at radius 3 is 2.37 bits per heavy atom. The van der Waals surface area contributed by atoms with E-state index in [9.17, 15) is 8.78 Å². The van der Waals surface area contributed by atoms with Crippen molar-refractivity contribution in [1.82, 2.24) is 4.90 Å². The molecule has 19 heavy (non-hydrogen) atoms. The molecule has 1 saturated heterocycles. The summed E-state index contributed by atoms with van der Waals surface area (Å²) < 4.78 is 27.2. The van der Waals surface area contributed by atoms with Gasteiger partial charge in [0.05, 0.1) is 0 Å². The van der Waals surface area contributed by atoms with Crippen molar-refractivity contribution in [2.24, 2.45) is 5.92 Å². The first kappa shape index (κ1) is 14.1. The van der Waals surface area contributed by atoms with Crippen molar-refractivity contribution in [3.05, 3.63) is 23.8 Å². The summed E-state index contributed by atoms with van der Waals surface area (Å²) in [7, 11) is 0. The van der Waals surface area contributed by atoms with Crippen molar-refractivity contribution < 1.29 is 8.78 Å². The lowest BCUT2D eigenvalue weighted by Crippen LogP contribution is -2.35. The number of anilines is 2. The first-order valence-electron chi connectivity index (χ1n) is 6.81. The number of benzene rings is 1. The van der Waals surface area contributed by atoms with Crippen molar-refractivity contribution >= 4 is 11.4 Å². The van der Waals surface area contributed by atoms with Gasteiger partial charge in [0.2, 0.25) is 0 Å². The molecule has 3 N–H and O–H groups in total. The van der Waals surface area contributed by atoms with Crippen LogP contribution in [0.3, 0.4) is 0 Å². The van der Waals surface area contributed by atoms with Gasteiger partial charge in [0.25, 0.3) is 0 Å². The smallest absolute Gasteiger partial charge is 0.151 e. The monoisotopic (exact) mass is 269 g/mol. The van der Waals surface area contributed by atoms with Crippen molar-refractivity contribution in [3.8, 4) is 0 Å². The van der Waals surface area contributed by atoms with Crippen LogP contribution in [0.1, 0.15) is 19.8 Å². The highest BCUT2D eigenvalue weighted by atomic mass is 19.1. The van der Waals surface area contributed by atoms with Gasteiger partial charge in [0.15, 0.2) is 11.6 Å². The number of nitrogens with zero attached hydrogens (tertiary/aromatic N) is 1. The van der Waals surface area contributed by atoms with Crippen LogP contribution in [-0.4, -0.2) is 31.1 Å². The predicted molar refractivity (Wildman–Crippen MR) is 74.1 cm³/mol. The van der Waals surface area contributed by atoms with Crippen molar-refractivity contribution in [3.63, 3.8) is 0 Å². The second-order valence-corrected chi connectivity index (χ2v) is 5.12. The van der Waals surface area contributed by atoms with Crippen LogP contribution in [0, 0.1) is 17.6 Å². The molecule has 2 rings (SSSR count). The fourth-order valence-electron chi connectivity index (χ4n) is 2.51. The second-order valence-electron chi connectivity index (χ2n) is 5.12. The van der Waals surface area contributed by atoms with Gasteiger partial charge in [-0.3, -0.25) is 0 Å². The van der Waals surface area contributed by atoms with Gasteiger partial charge in [0, 0.05) is 12.2 Å². The van der Waals surface area contributed by atoms with Crippen molar-refractivity contribution in [2.75, 3.05) is 37.2 Å². The lowest BCUT2D eigenvalue weighted by Gasteiger charge is -2.31. The maximum absolute atomic E-state index is 13.6. The third kappa shape index (κ3) is 3.56. The van der Waals surface area contributed by atoms with Crippen LogP contribution in [0.2, 0.25) is 0 Å². The third-order valence-corrected chi connectivity index (χ3v) is 3.79. The summed E-state index contributed by atoms with van der Waals surface area (Å²) in [5.74, 6) is -0.772. The van der Waals surface area contributed by atoms with E-state index in [4.69, 9.17) is 5.73 Å². The van der Waals surface area contributed by atoms with Crippen LogP contribution in [0.4, 0.5) is 20.2 Å². The van der Waals surface area contributed by atoms with Crippen LogP contribution in [0.15, 0.2) is 12.1 Å². The maximum Gasteiger partial charge on any atom is 0.151 e. The van der Waals surface area contributed by atoms with Crippen LogP contribution in [-0.2, 0) is 0 Å². The van der Waals surface area contributed by atoms with Crippen LogP contribution >= 0.6 is 0 Å². The Morgan fingerprint density at radius 2 is 1.84 bits per heavy atom. The summed E-state index contributed by atoms with van der Waals surface area (Å²) in [4.78, 5) is 2.39. The maximum atomic E-state index is 13.6. The SMILES string of the molecule is CCN1CCC(CNc2c(F)cc(N)cc2F)CC1. The summed E-state index contributed by atoms with van der Waals surface area (Å²) >= 11 is 0. The highest BCUT2D eigenvalue weighted by Gasteiger charge is 2.19. The second kappa shape index (κ2) is 6.19. The van der Waals surface area contributed by atoms with E-state index in [-0.39, 0.29) is 11.4 Å². The molecule has 1 aliphatic heterocycles. The first-order chi connectivity index (χ1) is 9.10. The number of piperidine rings is 1. The highest BCUT2D eigenvalue weighted by molar-refractivity contribution is 5.54. The Kier molecular flexibility index (Phi) is 4.58. The van der Waals surface area contributed by atoms with Gasteiger partial charge in [0.1, 0.15) is 5.69 Å². The zero-order chi connectivity index (χ0) is 13.8. The van der Waals surface area contributed by atoms with Crippen LogP contribution < -0.4 is 11.1 Å². The summed E-state index contributed by atoms with van der Waals surface area (Å²) in [6.07, 6.45) is 2.14. The first-order valence-corrected chi connectivity index (χ1v) is 6.81. The number of likely N-dealkylation sites (tertiary alicyclic amines) is 1. The minimum Gasteiger partial charge on any atom is -0.399 e. The van der Waals surface area contributed by atoms with E-state index in [0.717, 1.165) is 44.6 Å². The molecular formula is C14H21F2N3. The molecule has 5 heteroatoms. The molecule has 1 aliphatic rings. The zero-order valence-corrected chi connectivity index (χ0v) is 11.3. The molecule has 0 unspecified atom stereocenters. The molecule has 106 valence electrons. The molecule has 0 radical (unpaired) electrons. The molecule has 0 amide bonds. The Morgan fingerprint density at radius 1 is 1.26 bits per heavy atom. The molecule has 0 spiro atoms. The molecule has 0 atom stereocenters. The molecule has 0 bridgehead atoms. The van der Waals surface area contributed by atoms with Gasteiger partial charge in [-0.15, -0.1) is 0 Å². The Balaban J connectivity index is 1.89. The van der Waals surface area contributed by atoms with E-state index in [1.807, 2.05) is 0 Å². The fourth-order valence-corrected chi connectivity index (χ4v) is 2.51. The van der Waals surface area contributed by atoms with Crippen LogP contribution in [0.5, 0.6) is 0 Å². The number of nitrogens with two attached hydrogens (primary N) is 1. The van der Waals surface area contributed by atoms with E-state index in [2.05, 4.69) is 17.1 Å². The lowest BCUT2D eigenvalue weighted by atomic mass is 9.97. The van der Waals surface area contributed by atoms with Gasteiger partial charge in [-0.05, 0) is 50.5 Å². The number of nitrogens with one attached hydrogen (secondary N) is 1. The highest BCUT2D eigenvalue weighted by Crippen LogP contribution is 2.24. The normalized spacial score (nSPS) is 17.6. The van der Waals surface area contributed by atoms with Gasteiger partial charge in [-0.1, -0.05) is 6.92 Å². The topological polar surface area (TPSA) is 41.3 Å². The minimum atomic E-state index is -0.622. The van der Waals surface area contributed by atoms with E-state index in [1.165, 1.54) is 0 Å². The average molecular weight is 269 g/mol. The zero-order valence-electron chi connectivity index (χ0n) is 11.3. The molecule has 0 aliphatic carbocycles. The van der Waals surface area contributed by atoms with Gasteiger partial charge in [-0.2, -0.15) is 0 Å². The van der Waals surface area contributed by atoms with Crippen molar-refractivity contribution in [2.45, 2.75) is 19.8 Å². The molecular weight excluding hydrogens is 248 g/mol. The third-order valence-electron chi connectivity index (χ3n) is 3.79. The molecule has 3 nitrogen and oxygen atoms in total. The standard InChI is InChI=1S/C14H21F2N3/c1-2-19-5-3-10(4-6-19)9-18-14-12(15)7-11(17)8-13(14)16/h7-8,10,18H,2-6,9,17H2,1H3. The molecule has 1 aromatic rings. The molecule has 1 aromatic carbocycles. The number of halogens is 2. The molecule has 0 saturated carbocycles. The number of hydrogen-bond acceptors (Lipinski definition) is 3. The largest absolute Gasteiger partial charge is 0.399 e. The molecule has 1 fully saturated rings. The quantitative estimate of drug-likeness (QED) is 0.826. The summed E-state index contributed by atoms with van der Waals surface area (Å²) in [5, 5.41) is 2.89. The van der Waals surface area contributed by atoms with Crippen molar-refractivity contribution in [1.29, 1.82) is 0 Å². The number of rotatable bonds is 4. The summed E-state index contributed by atoms with van der Waals surface area (Å²) in [5.41, 5.74) is 5.43. The summed E-state index contributed by atoms with van der Waals surface area (Å²) in [6, 6.07) is 2.29. The van der Waals surface area contributed by atoms with E-state index < -0.39 is 11.6 Å². The minimum absolute atomic E-state index is 0.0629.